The molecule has 1 aliphatic heterocycles. The molecule has 0 radical (unpaired) electrons. The average Bonchev–Trinajstić information content (AvgIpc) is 3.17. The number of hydrogen-bond acceptors (Lipinski definition) is 5. The van der Waals surface area contributed by atoms with Gasteiger partial charge in [-0.05, 0) is 18.6 Å². The van der Waals surface area contributed by atoms with E-state index in [0.29, 0.717) is 13.2 Å². The Morgan fingerprint density at radius 2 is 2.25 bits per heavy atom. The molecule has 8 heteroatoms. The van der Waals surface area contributed by atoms with Gasteiger partial charge in [-0.25, -0.2) is 0 Å². The van der Waals surface area contributed by atoms with E-state index in [9.17, 15) is 0 Å². The highest BCUT2D eigenvalue weighted by Gasteiger charge is 2.24. The van der Waals surface area contributed by atoms with Crippen molar-refractivity contribution in [2.24, 2.45) is 12.0 Å². The summed E-state index contributed by atoms with van der Waals surface area (Å²) in [6.45, 7) is 3.64. The minimum Gasteiger partial charge on any atom is -0.497 e. The molecule has 3 rings (SSSR count). The Morgan fingerprint density at radius 3 is 3.00 bits per heavy atom. The van der Waals surface area contributed by atoms with Crippen LogP contribution >= 0.6 is 0 Å². The number of hydrogen-bond donors (Lipinski definition) is 1. The topological polar surface area (TPSA) is 73.1 Å². The maximum absolute atomic E-state index is 5.91. The fraction of sp³-hybridized carbons (Fsp3) is 0.500. The zero-order valence-corrected chi connectivity index (χ0v) is 16.8. The standard InChI is InChI=1S/C20H29N5O3/c1-21-20(22-8-5-10-27-18-7-4-6-17(12-18)26-3)25-9-11-28-19(15-25)16-13-23-24(2)14-16/h4,6-7,12-14,19H,5,8-11,15H2,1-3H3,(H,21,22). The second-order valence-corrected chi connectivity index (χ2v) is 6.61. The van der Waals surface area contributed by atoms with Crippen LogP contribution in [0.25, 0.3) is 0 Å². The molecule has 0 bridgehead atoms. The average molecular weight is 387 g/mol. The van der Waals surface area contributed by atoms with Crippen molar-refractivity contribution in [2.45, 2.75) is 12.5 Å². The Morgan fingerprint density at radius 1 is 1.39 bits per heavy atom. The number of aryl methyl sites for hydroxylation is 1. The number of guanidine groups is 1. The van der Waals surface area contributed by atoms with Gasteiger partial charge in [-0.1, -0.05) is 6.07 Å². The summed E-state index contributed by atoms with van der Waals surface area (Å²) in [5, 5.41) is 7.66. The quantitative estimate of drug-likeness (QED) is 0.444. The Bertz CT molecular complexity index is 777. The smallest absolute Gasteiger partial charge is 0.193 e. The van der Waals surface area contributed by atoms with Crippen LogP contribution in [0.2, 0.25) is 0 Å². The molecular formula is C20H29N5O3. The van der Waals surface area contributed by atoms with Crippen LogP contribution in [0.5, 0.6) is 11.5 Å². The zero-order chi connectivity index (χ0) is 19.8. The summed E-state index contributed by atoms with van der Waals surface area (Å²) in [6, 6.07) is 7.64. The third-order valence-corrected chi connectivity index (χ3v) is 4.59. The van der Waals surface area contributed by atoms with E-state index in [1.165, 1.54) is 0 Å². The molecule has 28 heavy (non-hydrogen) atoms. The first-order valence-corrected chi connectivity index (χ1v) is 9.52. The van der Waals surface area contributed by atoms with E-state index in [-0.39, 0.29) is 6.10 Å². The monoisotopic (exact) mass is 387 g/mol. The van der Waals surface area contributed by atoms with Crippen LogP contribution in [0, 0.1) is 0 Å². The fourth-order valence-corrected chi connectivity index (χ4v) is 3.14. The lowest BCUT2D eigenvalue weighted by Gasteiger charge is -2.34. The van der Waals surface area contributed by atoms with Crippen LogP contribution in [0.4, 0.5) is 0 Å². The molecule has 1 fully saturated rings. The molecule has 0 amide bonds. The molecule has 152 valence electrons. The highest BCUT2D eigenvalue weighted by molar-refractivity contribution is 5.80. The van der Waals surface area contributed by atoms with Gasteiger partial charge >= 0.3 is 0 Å². The lowest BCUT2D eigenvalue weighted by atomic mass is 10.1. The van der Waals surface area contributed by atoms with Crippen LogP contribution in [-0.4, -0.2) is 67.6 Å². The van der Waals surface area contributed by atoms with E-state index in [0.717, 1.165) is 49.1 Å². The molecule has 0 saturated carbocycles. The molecule has 0 spiro atoms. The van der Waals surface area contributed by atoms with Crippen LogP contribution in [-0.2, 0) is 11.8 Å². The predicted octanol–water partition coefficient (Wildman–Crippen LogP) is 1.85. The van der Waals surface area contributed by atoms with Crippen LogP contribution < -0.4 is 14.8 Å². The van der Waals surface area contributed by atoms with Crippen molar-refractivity contribution in [3.63, 3.8) is 0 Å². The van der Waals surface area contributed by atoms with Crippen molar-refractivity contribution in [3.8, 4) is 11.5 Å². The molecule has 1 N–H and O–H groups in total. The maximum atomic E-state index is 5.91. The predicted molar refractivity (Wildman–Crippen MR) is 108 cm³/mol. The van der Waals surface area contributed by atoms with E-state index in [4.69, 9.17) is 14.2 Å². The van der Waals surface area contributed by atoms with Gasteiger partial charge in [0.15, 0.2) is 5.96 Å². The molecule has 1 aromatic carbocycles. The molecule has 0 aliphatic carbocycles. The van der Waals surface area contributed by atoms with Crippen molar-refractivity contribution < 1.29 is 14.2 Å². The van der Waals surface area contributed by atoms with Gasteiger partial charge in [-0.2, -0.15) is 5.10 Å². The maximum Gasteiger partial charge on any atom is 0.193 e. The molecule has 2 aromatic rings. The first-order chi connectivity index (χ1) is 13.7. The molecule has 1 atom stereocenters. The molecule has 1 aliphatic rings. The Kier molecular flexibility index (Phi) is 7.13. The molecule has 2 heterocycles. The number of nitrogens with one attached hydrogen (secondary N) is 1. The normalized spacial score (nSPS) is 17.5. The Hall–Kier alpha value is -2.74. The van der Waals surface area contributed by atoms with Crippen LogP contribution in [0.3, 0.4) is 0 Å². The van der Waals surface area contributed by atoms with Crippen LogP contribution in [0.1, 0.15) is 18.1 Å². The number of aromatic nitrogens is 2. The van der Waals surface area contributed by atoms with Gasteiger partial charge in [-0.3, -0.25) is 9.67 Å². The Balaban J connectivity index is 1.42. The summed E-state index contributed by atoms with van der Waals surface area (Å²) in [5.74, 6) is 2.50. The van der Waals surface area contributed by atoms with E-state index < -0.39 is 0 Å². The number of benzene rings is 1. The second kappa shape index (κ2) is 9.98. The minimum absolute atomic E-state index is 0.0115. The summed E-state index contributed by atoms with van der Waals surface area (Å²) in [5.41, 5.74) is 1.09. The molecule has 1 unspecified atom stereocenters. The Labute approximate surface area is 166 Å². The number of rotatable bonds is 7. The highest BCUT2D eigenvalue weighted by atomic mass is 16.5. The third kappa shape index (κ3) is 5.39. The lowest BCUT2D eigenvalue weighted by Crippen LogP contribution is -2.48. The van der Waals surface area contributed by atoms with E-state index >= 15 is 0 Å². The van der Waals surface area contributed by atoms with Gasteiger partial charge in [0.25, 0.3) is 0 Å². The van der Waals surface area contributed by atoms with Crippen molar-refractivity contribution >= 4 is 5.96 Å². The molecular weight excluding hydrogens is 358 g/mol. The molecule has 1 aromatic heterocycles. The number of ether oxygens (including phenoxy) is 3. The first-order valence-electron chi connectivity index (χ1n) is 9.52. The summed E-state index contributed by atoms with van der Waals surface area (Å²) in [7, 11) is 5.38. The van der Waals surface area contributed by atoms with Gasteiger partial charge in [0.05, 0.1) is 33.1 Å². The second-order valence-electron chi connectivity index (χ2n) is 6.61. The van der Waals surface area contributed by atoms with Crippen LogP contribution in [0.15, 0.2) is 41.7 Å². The summed E-state index contributed by atoms with van der Waals surface area (Å²) in [4.78, 5) is 6.65. The highest BCUT2D eigenvalue weighted by Crippen LogP contribution is 2.21. The van der Waals surface area contributed by atoms with E-state index in [1.807, 2.05) is 50.8 Å². The number of aliphatic imine (C=N–C) groups is 1. The number of methoxy groups -OCH3 is 1. The lowest BCUT2D eigenvalue weighted by molar-refractivity contribution is -0.00803. The van der Waals surface area contributed by atoms with Crippen molar-refractivity contribution in [3.05, 3.63) is 42.2 Å². The number of nitrogens with zero attached hydrogens (tertiary/aromatic N) is 4. The van der Waals surface area contributed by atoms with E-state index in [1.54, 1.807) is 11.8 Å². The van der Waals surface area contributed by atoms with Crippen molar-refractivity contribution in [1.29, 1.82) is 0 Å². The summed E-state index contributed by atoms with van der Waals surface area (Å²) >= 11 is 0. The minimum atomic E-state index is 0.0115. The van der Waals surface area contributed by atoms with Crippen molar-refractivity contribution in [2.75, 3.05) is 47.0 Å². The van der Waals surface area contributed by atoms with Gasteiger partial charge in [0, 0.05) is 45.0 Å². The molecule has 1 saturated heterocycles. The zero-order valence-electron chi connectivity index (χ0n) is 16.8. The summed E-state index contributed by atoms with van der Waals surface area (Å²) < 4.78 is 18.7. The fourth-order valence-electron chi connectivity index (χ4n) is 3.14. The van der Waals surface area contributed by atoms with Gasteiger partial charge in [-0.15, -0.1) is 0 Å². The largest absolute Gasteiger partial charge is 0.497 e. The first kappa shape index (κ1) is 20.0. The van der Waals surface area contributed by atoms with Crippen molar-refractivity contribution in [1.82, 2.24) is 20.0 Å². The summed E-state index contributed by atoms with van der Waals surface area (Å²) in [6.07, 6.45) is 4.74. The number of morpholine rings is 1. The van der Waals surface area contributed by atoms with E-state index in [2.05, 4.69) is 20.3 Å². The van der Waals surface area contributed by atoms with Gasteiger partial charge in [0.1, 0.15) is 17.6 Å². The molecule has 8 nitrogen and oxygen atoms in total. The van der Waals surface area contributed by atoms with Gasteiger partial charge in [0.2, 0.25) is 0 Å². The third-order valence-electron chi connectivity index (χ3n) is 4.59. The SMILES string of the molecule is CN=C(NCCCOc1cccc(OC)c1)N1CCOC(c2cnn(C)c2)C1. The van der Waals surface area contributed by atoms with Gasteiger partial charge < -0.3 is 24.4 Å².